The molecule has 3 rings (SSSR count). The Balaban J connectivity index is 0.000000422. The molecule has 194 valence electrons. The van der Waals surface area contributed by atoms with E-state index in [9.17, 15) is 9.59 Å². The second-order valence-corrected chi connectivity index (χ2v) is 11.0. The third-order valence-corrected chi connectivity index (χ3v) is 5.89. The van der Waals surface area contributed by atoms with Gasteiger partial charge in [0.1, 0.15) is 11.4 Å². The quantitative estimate of drug-likeness (QED) is 0.241. The summed E-state index contributed by atoms with van der Waals surface area (Å²) >= 11 is 0.459. The fraction of sp³-hybridized carbons (Fsp3) is 0.345. The first-order valence-electron chi connectivity index (χ1n) is 11.5. The van der Waals surface area contributed by atoms with Crippen molar-refractivity contribution < 1.29 is 24.2 Å². The summed E-state index contributed by atoms with van der Waals surface area (Å²) in [4.78, 5) is 25.6. The smallest absolute Gasteiger partial charge is 0.147 e. The van der Waals surface area contributed by atoms with Crippen LogP contribution in [0.1, 0.15) is 87.5 Å². The molecule has 36 heavy (non-hydrogen) atoms. The molecule has 2 aromatic carbocycles. The summed E-state index contributed by atoms with van der Waals surface area (Å²) in [5.74, 6) is -0.254. The van der Waals surface area contributed by atoms with Gasteiger partial charge in [0.15, 0.2) is 11.6 Å². The topological polar surface area (TPSA) is 71.8 Å². The molecular formula is C29H36ClFeN3O2. The normalized spacial score (nSPS) is 10.9. The van der Waals surface area contributed by atoms with Gasteiger partial charge in [-0.3, -0.25) is 9.59 Å². The number of aromatic nitrogens is 1. The van der Waals surface area contributed by atoms with Crippen LogP contribution in [-0.2, 0) is 25.4 Å². The number of hydrogen-bond donors (Lipinski definition) is 0. The van der Waals surface area contributed by atoms with E-state index in [4.69, 9.17) is 7.92 Å². The molecule has 3 aromatic rings. The van der Waals surface area contributed by atoms with E-state index in [1.165, 1.54) is 25.0 Å². The van der Waals surface area contributed by atoms with E-state index in [0.29, 0.717) is 26.0 Å². The van der Waals surface area contributed by atoms with Crippen LogP contribution in [-0.4, -0.2) is 16.6 Å². The van der Waals surface area contributed by atoms with E-state index in [1.54, 1.807) is 18.2 Å². The molecule has 7 heteroatoms. The minimum absolute atomic E-state index is 0. The summed E-state index contributed by atoms with van der Waals surface area (Å²) in [6.45, 7) is 16.1. The molecule has 1 aromatic heterocycles. The van der Waals surface area contributed by atoms with Crippen LogP contribution in [0.3, 0.4) is 0 Å². The van der Waals surface area contributed by atoms with Crippen molar-refractivity contribution >= 4 is 35.3 Å². The summed E-state index contributed by atoms with van der Waals surface area (Å²) in [7, 11) is 0. The molecular weight excluding hydrogens is 514 g/mol. The van der Waals surface area contributed by atoms with Crippen molar-refractivity contribution in [1.82, 2.24) is 4.98 Å². The number of halogens is 1. The van der Waals surface area contributed by atoms with Crippen LogP contribution in [0.4, 0.5) is 11.4 Å². The van der Waals surface area contributed by atoms with Crippen LogP contribution in [0, 0.1) is 0 Å². The predicted molar refractivity (Wildman–Crippen MR) is 146 cm³/mol. The Morgan fingerprint density at radius 1 is 0.639 bits per heavy atom. The number of nitrogens with zero attached hydrogens (tertiary/aromatic N) is 3. The van der Waals surface area contributed by atoms with Gasteiger partial charge in [-0.1, -0.05) is 6.07 Å². The van der Waals surface area contributed by atoms with Gasteiger partial charge in [-0.2, -0.15) is 0 Å². The third kappa shape index (κ3) is 9.42. The Morgan fingerprint density at radius 2 is 1.00 bits per heavy atom. The minimum Gasteiger partial charge on any atom is -0.147 e. The molecule has 1 heterocycles. The van der Waals surface area contributed by atoms with Crippen molar-refractivity contribution in [3.63, 3.8) is 0 Å². The molecule has 0 bridgehead atoms. The maximum atomic E-state index is 10.8. The number of carbonyl (C=O) groups is 2. The molecule has 0 aliphatic heterocycles. The van der Waals surface area contributed by atoms with E-state index in [0.717, 1.165) is 11.4 Å². The van der Waals surface area contributed by atoms with Crippen molar-refractivity contribution in [3.05, 3.63) is 89.2 Å². The van der Waals surface area contributed by atoms with Crippen LogP contribution in [0.2, 0.25) is 0 Å². The molecule has 0 radical (unpaired) electrons. The van der Waals surface area contributed by atoms with E-state index in [2.05, 4.69) is 82.9 Å². The average molecular weight is 550 g/mol. The van der Waals surface area contributed by atoms with Crippen molar-refractivity contribution in [2.24, 2.45) is 7.92 Å². The van der Waals surface area contributed by atoms with Gasteiger partial charge in [-0.15, -0.1) is 12.4 Å². The number of ketones is 2. The summed E-state index contributed by atoms with van der Waals surface area (Å²) in [6, 6.07) is 21.5. The van der Waals surface area contributed by atoms with Crippen molar-refractivity contribution in [1.29, 1.82) is 0 Å². The van der Waals surface area contributed by atoms with Gasteiger partial charge in [-0.05, 0) is 12.1 Å². The zero-order valence-electron chi connectivity index (χ0n) is 22.3. The van der Waals surface area contributed by atoms with Crippen LogP contribution in [0.25, 0.3) is 0 Å². The van der Waals surface area contributed by atoms with Gasteiger partial charge in [0.2, 0.25) is 0 Å². The second-order valence-electron chi connectivity index (χ2n) is 10.3. The predicted octanol–water partition coefficient (Wildman–Crippen LogP) is 8.60. The first-order valence-corrected chi connectivity index (χ1v) is 12.5. The van der Waals surface area contributed by atoms with Crippen molar-refractivity contribution in [2.75, 3.05) is 0 Å². The molecule has 0 unspecified atom stereocenters. The fourth-order valence-corrected chi connectivity index (χ4v) is 4.00. The fourth-order valence-electron chi connectivity index (χ4n) is 3.27. The van der Waals surface area contributed by atoms with Crippen LogP contribution in [0.5, 0.6) is 0 Å². The molecule has 0 saturated heterocycles. The molecule has 0 fully saturated rings. The largest absolute Gasteiger partial charge is 0.147 e. The summed E-state index contributed by atoms with van der Waals surface area (Å²) in [5, 5.41) is 0. The third-order valence-electron chi connectivity index (χ3n) is 5.14. The molecule has 0 atom stereocenters. The number of benzene rings is 2. The zero-order chi connectivity index (χ0) is 26.2. The van der Waals surface area contributed by atoms with Gasteiger partial charge in [0.05, 0.1) is 0 Å². The monoisotopic (exact) mass is 549 g/mol. The van der Waals surface area contributed by atoms with Gasteiger partial charge in [0.25, 0.3) is 0 Å². The van der Waals surface area contributed by atoms with Gasteiger partial charge < -0.3 is 0 Å². The van der Waals surface area contributed by atoms with E-state index in [-0.39, 0.29) is 34.8 Å². The average Bonchev–Trinajstić information content (AvgIpc) is 2.79. The number of rotatable bonds is 4. The standard InChI is InChI=1S/2C10H13N.C9H9NO2.ClH.Fe/c2*1-10(2,3)8-6-4-5-7-9(8)11;1-6(11)8-4-3-5-9(10-8)7(2)12;;/h2*4-7H,1-3H3;3-5H,1-2H3;1H;. The molecule has 0 saturated carbocycles. The maximum absolute atomic E-state index is 10.8. The Labute approximate surface area is 227 Å². The molecule has 0 amide bonds. The summed E-state index contributed by atoms with van der Waals surface area (Å²) < 4.78 is 9.45. The molecule has 0 spiro atoms. The summed E-state index contributed by atoms with van der Waals surface area (Å²) in [6.07, 6.45) is 0. The van der Waals surface area contributed by atoms with Crippen molar-refractivity contribution in [3.8, 4) is 0 Å². The van der Waals surface area contributed by atoms with Gasteiger partial charge in [-0.25, -0.2) is 4.98 Å². The van der Waals surface area contributed by atoms with Crippen LogP contribution in [0.15, 0.2) is 74.7 Å². The molecule has 0 N–H and O–H groups in total. The first-order chi connectivity index (χ1) is 16.3. The Kier molecular flexibility index (Phi) is 11.8. The van der Waals surface area contributed by atoms with E-state index < -0.39 is 0 Å². The number of hydrogen-bond acceptors (Lipinski definition) is 5. The Bertz CT molecular complexity index is 1180. The molecule has 0 aliphatic carbocycles. The van der Waals surface area contributed by atoms with Crippen molar-refractivity contribution in [2.45, 2.75) is 66.2 Å². The van der Waals surface area contributed by atoms with Gasteiger partial charge in [0, 0.05) is 13.8 Å². The zero-order valence-corrected chi connectivity index (χ0v) is 24.2. The molecule has 0 aliphatic rings. The molecule has 5 nitrogen and oxygen atoms in total. The van der Waals surface area contributed by atoms with Crippen LogP contribution >= 0.6 is 12.4 Å². The Hall–Kier alpha value is -2.66. The minimum atomic E-state index is -0.127. The number of carbonyl (C=O) groups excluding carboxylic acids is 2. The Morgan fingerprint density at radius 3 is 1.33 bits per heavy atom. The second kappa shape index (κ2) is 13.6. The summed E-state index contributed by atoms with van der Waals surface area (Å²) in [5.41, 5.74) is 5.45. The first kappa shape index (κ1) is 31.4. The van der Waals surface area contributed by atoms with E-state index >= 15 is 0 Å². The number of pyridine rings is 1. The van der Waals surface area contributed by atoms with Gasteiger partial charge >= 0.3 is 146 Å². The maximum Gasteiger partial charge on any atom is -0.147 e. The number of Topliss-reactive ketones (excluding diaryl/α,β-unsaturated/α-hetero) is 2. The van der Waals surface area contributed by atoms with E-state index in [1.807, 2.05) is 12.1 Å². The van der Waals surface area contributed by atoms with Crippen LogP contribution < -0.4 is 0 Å². The SMILES string of the molecule is CC(=O)c1cccc(C(C)=O)n1.CC(C)(C)c1ccccc1[N]=[Fe]=[N]c1ccccc1C(C)(C)C.Cl.